The molecule has 0 saturated carbocycles. The van der Waals surface area contributed by atoms with Gasteiger partial charge < -0.3 is 9.64 Å². The van der Waals surface area contributed by atoms with Crippen LogP contribution in [0.15, 0.2) is 29.8 Å². The molecule has 1 aromatic rings. The monoisotopic (exact) mass is 332 g/mol. The second kappa shape index (κ2) is 8.35. The van der Waals surface area contributed by atoms with E-state index in [1.54, 1.807) is 35.2 Å². The van der Waals surface area contributed by atoms with Crippen LogP contribution in [-0.2, 0) is 14.3 Å². The van der Waals surface area contributed by atoms with Crippen LogP contribution in [0.1, 0.15) is 24.8 Å². The average Bonchev–Trinajstić information content (AvgIpc) is 2.59. The summed E-state index contributed by atoms with van der Waals surface area (Å²) in [5.41, 5.74) is 0.504. The molecule has 23 heavy (non-hydrogen) atoms. The summed E-state index contributed by atoms with van der Waals surface area (Å²) in [5.74, 6) is -1.02. The molecule has 1 fully saturated rings. The fourth-order valence-electron chi connectivity index (χ4n) is 2.30. The van der Waals surface area contributed by atoms with Gasteiger partial charge in [-0.1, -0.05) is 23.7 Å². The first-order valence-corrected chi connectivity index (χ1v) is 7.80. The second-order valence-electron chi connectivity index (χ2n) is 5.24. The number of benzene rings is 1. The van der Waals surface area contributed by atoms with Crippen molar-refractivity contribution in [3.8, 4) is 6.07 Å². The zero-order valence-corrected chi connectivity index (χ0v) is 13.4. The minimum atomic E-state index is -0.798. The number of hydrogen-bond donors (Lipinski definition) is 0. The number of rotatable bonds is 4. The van der Waals surface area contributed by atoms with E-state index in [1.165, 1.54) is 6.08 Å². The molecule has 1 saturated heterocycles. The minimum absolute atomic E-state index is 0.154. The summed E-state index contributed by atoms with van der Waals surface area (Å²) in [6.45, 7) is 1.06. The second-order valence-corrected chi connectivity index (χ2v) is 5.68. The molecule has 5 nitrogen and oxygen atoms in total. The van der Waals surface area contributed by atoms with Crippen molar-refractivity contribution in [2.75, 3.05) is 19.7 Å². The van der Waals surface area contributed by atoms with E-state index in [0.717, 1.165) is 19.3 Å². The molecule has 1 aromatic carbocycles. The fourth-order valence-corrected chi connectivity index (χ4v) is 2.43. The van der Waals surface area contributed by atoms with Gasteiger partial charge >= 0.3 is 5.97 Å². The molecule has 2 rings (SSSR count). The number of amides is 1. The SMILES string of the molecule is N#CC(=Cc1ccc(Cl)cc1)C(=O)OCC(=O)N1CCCCC1. The van der Waals surface area contributed by atoms with Crippen LogP contribution in [0.25, 0.3) is 6.08 Å². The third kappa shape index (κ3) is 5.11. The van der Waals surface area contributed by atoms with Gasteiger partial charge in [0.2, 0.25) is 0 Å². The van der Waals surface area contributed by atoms with Crippen LogP contribution in [-0.4, -0.2) is 36.5 Å². The van der Waals surface area contributed by atoms with Crippen molar-refractivity contribution in [2.24, 2.45) is 0 Å². The summed E-state index contributed by atoms with van der Waals surface area (Å²) in [6, 6.07) is 8.49. The number of hydrogen-bond acceptors (Lipinski definition) is 4. The van der Waals surface area contributed by atoms with Gasteiger partial charge in [0, 0.05) is 18.1 Å². The predicted molar refractivity (Wildman–Crippen MR) is 86.4 cm³/mol. The van der Waals surface area contributed by atoms with Crippen LogP contribution < -0.4 is 0 Å². The Morgan fingerprint density at radius 1 is 1.22 bits per heavy atom. The van der Waals surface area contributed by atoms with Gasteiger partial charge in [0.25, 0.3) is 5.91 Å². The molecule has 0 N–H and O–H groups in total. The number of ether oxygens (including phenoxy) is 1. The van der Waals surface area contributed by atoms with Crippen LogP contribution in [0.5, 0.6) is 0 Å². The smallest absolute Gasteiger partial charge is 0.349 e. The quantitative estimate of drug-likeness (QED) is 0.483. The van der Waals surface area contributed by atoms with E-state index in [9.17, 15) is 9.59 Å². The summed E-state index contributed by atoms with van der Waals surface area (Å²) in [6.07, 6.45) is 4.47. The average molecular weight is 333 g/mol. The highest BCUT2D eigenvalue weighted by molar-refractivity contribution is 6.30. The number of esters is 1. The number of carbonyl (C=O) groups excluding carboxylic acids is 2. The molecule has 1 amide bonds. The van der Waals surface area contributed by atoms with Crippen molar-refractivity contribution in [2.45, 2.75) is 19.3 Å². The number of nitriles is 1. The van der Waals surface area contributed by atoms with Crippen molar-refractivity contribution >= 4 is 29.6 Å². The lowest BCUT2D eigenvalue weighted by molar-refractivity contribution is -0.149. The number of piperidine rings is 1. The van der Waals surface area contributed by atoms with Crippen LogP contribution in [0.2, 0.25) is 5.02 Å². The maximum absolute atomic E-state index is 11.9. The predicted octanol–water partition coefficient (Wildman–Crippen LogP) is 2.80. The lowest BCUT2D eigenvalue weighted by Crippen LogP contribution is -2.38. The maximum Gasteiger partial charge on any atom is 0.349 e. The van der Waals surface area contributed by atoms with E-state index < -0.39 is 5.97 Å². The summed E-state index contributed by atoms with van der Waals surface area (Å²) >= 11 is 5.78. The van der Waals surface area contributed by atoms with Crippen molar-refractivity contribution in [1.29, 1.82) is 5.26 Å². The first-order chi connectivity index (χ1) is 11.1. The molecule has 1 aliphatic heterocycles. The molecule has 0 aromatic heterocycles. The Bertz CT molecular complexity index is 641. The van der Waals surface area contributed by atoms with E-state index in [0.29, 0.717) is 23.7 Å². The molecule has 0 spiro atoms. The molecule has 0 radical (unpaired) electrons. The lowest BCUT2D eigenvalue weighted by Gasteiger charge is -2.26. The highest BCUT2D eigenvalue weighted by atomic mass is 35.5. The Labute approximate surface area is 140 Å². The highest BCUT2D eigenvalue weighted by Gasteiger charge is 2.19. The largest absolute Gasteiger partial charge is 0.451 e. The number of likely N-dealkylation sites (tertiary alicyclic amines) is 1. The Hall–Kier alpha value is -2.32. The maximum atomic E-state index is 11.9. The summed E-state index contributed by atoms with van der Waals surface area (Å²) in [4.78, 5) is 25.6. The molecular weight excluding hydrogens is 316 g/mol. The van der Waals surface area contributed by atoms with E-state index in [2.05, 4.69) is 0 Å². The van der Waals surface area contributed by atoms with Gasteiger partial charge in [0.15, 0.2) is 6.61 Å². The van der Waals surface area contributed by atoms with Crippen molar-refractivity contribution in [1.82, 2.24) is 4.90 Å². The molecule has 0 atom stereocenters. The van der Waals surface area contributed by atoms with E-state index in [-0.39, 0.29) is 18.1 Å². The number of carbonyl (C=O) groups is 2. The number of nitrogens with zero attached hydrogens (tertiary/aromatic N) is 2. The van der Waals surface area contributed by atoms with Crippen LogP contribution in [0.3, 0.4) is 0 Å². The molecular formula is C17H17ClN2O3. The van der Waals surface area contributed by atoms with Gasteiger partial charge in [-0.2, -0.15) is 5.26 Å². The summed E-state index contributed by atoms with van der Waals surface area (Å²) < 4.78 is 4.96. The number of halogens is 1. The third-order valence-corrected chi connectivity index (χ3v) is 3.81. The van der Waals surface area contributed by atoms with Gasteiger partial charge in [-0.25, -0.2) is 4.79 Å². The minimum Gasteiger partial charge on any atom is -0.451 e. The van der Waals surface area contributed by atoms with Crippen LogP contribution >= 0.6 is 11.6 Å². The topological polar surface area (TPSA) is 70.4 Å². The van der Waals surface area contributed by atoms with Crippen LogP contribution in [0.4, 0.5) is 0 Å². The zero-order chi connectivity index (χ0) is 16.7. The van der Waals surface area contributed by atoms with Gasteiger partial charge in [-0.15, -0.1) is 0 Å². The van der Waals surface area contributed by atoms with Crippen molar-refractivity contribution in [3.63, 3.8) is 0 Å². The van der Waals surface area contributed by atoms with E-state index >= 15 is 0 Å². The third-order valence-electron chi connectivity index (χ3n) is 3.56. The Morgan fingerprint density at radius 2 is 1.87 bits per heavy atom. The van der Waals surface area contributed by atoms with Gasteiger partial charge in [0.1, 0.15) is 11.6 Å². The van der Waals surface area contributed by atoms with Crippen molar-refractivity contribution in [3.05, 3.63) is 40.4 Å². The van der Waals surface area contributed by atoms with Crippen molar-refractivity contribution < 1.29 is 14.3 Å². The summed E-state index contributed by atoms with van der Waals surface area (Å²) in [5, 5.41) is 9.65. The standard InChI is InChI=1S/C17H17ClN2O3/c18-15-6-4-13(5-7-15)10-14(11-19)17(22)23-12-16(21)20-8-2-1-3-9-20/h4-7,10H,1-3,8-9,12H2. The normalized spacial score (nSPS) is 15.0. The fraction of sp³-hybridized carbons (Fsp3) is 0.353. The molecule has 6 heteroatoms. The van der Waals surface area contributed by atoms with Gasteiger partial charge in [-0.05, 0) is 43.0 Å². The Kier molecular flexibility index (Phi) is 6.19. The molecule has 0 aliphatic carbocycles. The zero-order valence-electron chi connectivity index (χ0n) is 12.6. The van der Waals surface area contributed by atoms with Crippen LogP contribution in [0, 0.1) is 11.3 Å². The van der Waals surface area contributed by atoms with Gasteiger partial charge in [0.05, 0.1) is 0 Å². The highest BCUT2D eigenvalue weighted by Crippen LogP contribution is 2.13. The molecule has 120 valence electrons. The van der Waals surface area contributed by atoms with Gasteiger partial charge in [-0.3, -0.25) is 4.79 Å². The Morgan fingerprint density at radius 3 is 2.48 bits per heavy atom. The molecule has 0 unspecified atom stereocenters. The lowest BCUT2D eigenvalue weighted by atomic mass is 10.1. The molecule has 1 heterocycles. The molecule has 0 bridgehead atoms. The van der Waals surface area contributed by atoms with E-state index in [4.69, 9.17) is 21.6 Å². The Balaban J connectivity index is 1.93. The first-order valence-electron chi connectivity index (χ1n) is 7.42. The molecule has 1 aliphatic rings. The van der Waals surface area contributed by atoms with E-state index in [1.807, 2.05) is 0 Å². The first kappa shape index (κ1) is 17.0. The summed E-state index contributed by atoms with van der Waals surface area (Å²) in [7, 11) is 0.